The molecule has 4 nitrogen and oxygen atoms in total. The van der Waals surface area contributed by atoms with E-state index in [1.165, 1.54) is 18.2 Å². The minimum atomic E-state index is -0.374. The molecule has 0 saturated carbocycles. The first-order valence-corrected chi connectivity index (χ1v) is 8.40. The second kappa shape index (κ2) is 9.05. The summed E-state index contributed by atoms with van der Waals surface area (Å²) in [5, 5.41) is 16.0. The zero-order chi connectivity index (χ0) is 18.2. The Morgan fingerprint density at radius 1 is 1.32 bits per heavy atom. The number of nitriles is 1. The fourth-order valence-corrected chi connectivity index (χ4v) is 2.51. The van der Waals surface area contributed by atoms with Crippen molar-refractivity contribution in [2.45, 2.75) is 26.4 Å². The maximum Gasteiger partial charge on any atom is 0.192 e. The SMILES string of the molecule is CCNC(=NCc1cc(C#N)ccc1F)NC(C)c1cccc(Cl)c1. The third-order valence-corrected chi connectivity index (χ3v) is 3.86. The van der Waals surface area contributed by atoms with Gasteiger partial charge in [-0.25, -0.2) is 9.38 Å². The van der Waals surface area contributed by atoms with Crippen LogP contribution >= 0.6 is 11.6 Å². The van der Waals surface area contributed by atoms with E-state index in [0.717, 1.165) is 5.56 Å². The van der Waals surface area contributed by atoms with Gasteiger partial charge >= 0.3 is 0 Å². The molecule has 6 heteroatoms. The molecule has 1 unspecified atom stereocenters. The molecule has 0 aliphatic rings. The topological polar surface area (TPSA) is 60.2 Å². The van der Waals surface area contributed by atoms with Gasteiger partial charge in [0.2, 0.25) is 0 Å². The van der Waals surface area contributed by atoms with Crippen LogP contribution in [0.15, 0.2) is 47.5 Å². The number of nitrogens with zero attached hydrogens (tertiary/aromatic N) is 2. The fraction of sp³-hybridized carbons (Fsp3) is 0.263. The highest BCUT2D eigenvalue weighted by molar-refractivity contribution is 6.30. The van der Waals surface area contributed by atoms with Crippen LogP contribution < -0.4 is 10.6 Å². The Kier molecular flexibility index (Phi) is 6.79. The number of guanidine groups is 1. The van der Waals surface area contributed by atoms with Crippen molar-refractivity contribution in [2.24, 2.45) is 4.99 Å². The molecular weight excluding hydrogens is 339 g/mol. The predicted molar refractivity (Wildman–Crippen MR) is 98.9 cm³/mol. The van der Waals surface area contributed by atoms with E-state index in [0.29, 0.717) is 28.7 Å². The fourth-order valence-electron chi connectivity index (χ4n) is 2.31. The van der Waals surface area contributed by atoms with Crippen LogP contribution in [0.25, 0.3) is 0 Å². The number of rotatable bonds is 5. The van der Waals surface area contributed by atoms with Crippen molar-refractivity contribution in [3.63, 3.8) is 0 Å². The molecule has 0 aromatic heterocycles. The van der Waals surface area contributed by atoms with Gasteiger partial charge in [-0.1, -0.05) is 23.7 Å². The molecule has 2 rings (SSSR count). The molecule has 0 amide bonds. The highest BCUT2D eigenvalue weighted by Crippen LogP contribution is 2.17. The number of nitrogens with one attached hydrogen (secondary N) is 2. The van der Waals surface area contributed by atoms with Gasteiger partial charge < -0.3 is 10.6 Å². The largest absolute Gasteiger partial charge is 0.357 e. The first kappa shape index (κ1) is 18.8. The normalized spacial score (nSPS) is 12.4. The lowest BCUT2D eigenvalue weighted by atomic mass is 10.1. The van der Waals surface area contributed by atoms with Crippen molar-refractivity contribution in [1.29, 1.82) is 5.26 Å². The van der Waals surface area contributed by atoms with Crippen LogP contribution in [0, 0.1) is 17.1 Å². The van der Waals surface area contributed by atoms with Crippen molar-refractivity contribution >= 4 is 17.6 Å². The number of halogens is 2. The van der Waals surface area contributed by atoms with E-state index in [1.54, 1.807) is 0 Å². The first-order chi connectivity index (χ1) is 12.0. The maximum absolute atomic E-state index is 13.9. The summed E-state index contributed by atoms with van der Waals surface area (Å²) in [5.41, 5.74) is 1.82. The third kappa shape index (κ3) is 5.47. The summed E-state index contributed by atoms with van der Waals surface area (Å²) in [7, 11) is 0. The quantitative estimate of drug-likeness (QED) is 0.623. The summed E-state index contributed by atoms with van der Waals surface area (Å²) in [6, 6.07) is 13.8. The van der Waals surface area contributed by atoms with E-state index in [1.807, 2.05) is 44.2 Å². The molecule has 25 heavy (non-hydrogen) atoms. The van der Waals surface area contributed by atoms with Crippen molar-refractivity contribution in [1.82, 2.24) is 10.6 Å². The monoisotopic (exact) mass is 358 g/mol. The Morgan fingerprint density at radius 3 is 2.80 bits per heavy atom. The van der Waals surface area contributed by atoms with Crippen molar-refractivity contribution in [3.8, 4) is 6.07 Å². The molecule has 130 valence electrons. The minimum Gasteiger partial charge on any atom is -0.357 e. The molecular formula is C19H20ClFN4. The lowest BCUT2D eigenvalue weighted by Gasteiger charge is -2.18. The molecule has 0 aliphatic carbocycles. The molecule has 0 aliphatic heterocycles. The van der Waals surface area contributed by atoms with Gasteiger partial charge in [-0.05, 0) is 49.7 Å². The molecule has 0 radical (unpaired) electrons. The minimum absolute atomic E-state index is 0.0215. The van der Waals surface area contributed by atoms with E-state index in [-0.39, 0.29) is 18.4 Å². The number of hydrogen-bond donors (Lipinski definition) is 2. The van der Waals surface area contributed by atoms with Crippen molar-refractivity contribution in [3.05, 3.63) is 70.0 Å². The Hall–Kier alpha value is -2.58. The van der Waals surface area contributed by atoms with Crippen LogP contribution in [0.1, 0.15) is 36.6 Å². The van der Waals surface area contributed by atoms with E-state index < -0.39 is 0 Å². The van der Waals surface area contributed by atoms with Gasteiger partial charge in [0, 0.05) is 17.1 Å². The van der Waals surface area contributed by atoms with Crippen LogP contribution in [0.2, 0.25) is 5.02 Å². The third-order valence-electron chi connectivity index (χ3n) is 3.63. The number of hydrogen-bond acceptors (Lipinski definition) is 2. The number of benzene rings is 2. The summed E-state index contributed by atoms with van der Waals surface area (Å²) < 4.78 is 13.9. The molecule has 1 atom stereocenters. The summed E-state index contributed by atoms with van der Waals surface area (Å²) in [6.07, 6.45) is 0. The first-order valence-electron chi connectivity index (χ1n) is 8.02. The Morgan fingerprint density at radius 2 is 2.12 bits per heavy atom. The van der Waals surface area contributed by atoms with Gasteiger partial charge in [0.15, 0.2) is 5.96 Å². The van der Waals surface area contributed by atoms with Crippen molar-refractivity contribution in [2.75, 3.05) is 6.54 Å². The standard InChI is InChI=1S/C19H20ClFN4/c1-3-23-19(25-13(2)15-5-4-6-17(20)10-15)24-12-16-9-14(11-22)7-8-18(16)21/h4-10,13H,3,12H2,1-2H3,(H2,23,24,25). The van der Waals surface area contributed by atoms with Gasteiger partial charge in [-0.3, -0.25) is 0 Å². The Labute approximate surface area is 152 Å². The average Bonchev–Trinajstić information content (AvgIpc) is 2.61. The second-order valence-corrected chi connectivity index (χ2v) is 5.97. The molecule has 0 saturated heterocycles. The molecule has 2 aromatic carbocycles. The molecule has 0 heterocycles. The van der Waals surface area contributed by atoms with Crippen LogP contribution in [-0.2, 0) is 6.54 Å². The van der Waals surface area contributed by atoms with E-state index >= 15 is 0 Å². The van der Waals surface area contributed by atoms with Gasteiger partial charge in [0.05, 0.1) is 24.2 Å². The van der Waals surface area contributed by atoms with Gasteiger partial charge in [0.25, 0.3) is 0 Å². The zero-order valence-corrected chi connectivity index (χ0v) is 14.9. The maximum atomic E-state index is 13.9. The number of aliphatic imine (C=N–C) groups is 1. The lowest BCUT2D eigenvalue weighted by molar-refractivity contribution is 0.609. The lowest BCUT2D eigenvalue weighted by Crippen LogP contribution is -2.38. The molecule has 0 fully saturated rings. The van der Waals surface area contributed by atoms with E-state index in [4.69, 9.17) is 16.9 Å². The highest BCUT2D eigenvalue weighted by atomic mass is 35.5. The predicted octanol–water partition coefficient (Wildman–Crippen LogP) is 4.17. The Balaban J connectivity index is 2.14. The molecule has 0 bridgehead atoms. The zero-order valence-electron chi connectivity index (χ0n) is 14.2. The molecule has 2 aromatic rings. The van der Waals surface area contributed by atoms with Gasteiger partial charge in [-0.15, -0.1) is 0 Å². The summed E-state index contributed by atoms with van der Waals surface area (Å²) >= 11 is 6.03. The van der Waals surface area contributed by atoms with E-state index in [9.17, 15) is 4.39 Å². The van der Waals surface area contributed by atoms with Crippen LogP contribution in [0.4, 0.5) is 4.39 Å². The van der Waals surface area contributed by atoms with Gasteiger partial charge in [-0.2, -0.15) is 5.26 Å². The van der Waals surface area contributed by atoms with Gasteiger partial charge in [0.1, 0.15) is 5.82 Å². The van der Waals surface area contributed by atoms with Crippen LogP contribution in [0.5, 0.6) is 0 Å². The summed E-state index contributed by atoms with van der Waals surface area (Å²) in [6.45, 7) is 4.77. The summed E-state index contributed by atoms with van der Waals surface area (Å²) in [4.78, 5) is 4.42. The average molecular weight is 359 g/mol. The Bertz CT molecular complexity index is 798. The second-order valence-electron chi connectivity index (χ2n) is 5.53. The highest BCUT2D eigenvalue weighted by Gasteiger charge is 2.09. The van der Waals surface area contributed by atoms with Crippen molar-refractivity contribution < 1.29 is 4.39 Å². The summed E-state index contributed by atoms with van der Waals surface area (Å²) in [5.74, 6) is 0.193. The molecule has 2 N–H and O–H groups in total. The molecule has 0 spiro atoms. The van der Waals surface area contributed by atoms with E-state index in [2.05, 4.69) is 15.6 Å². The smallest absolute Gasteiger partial charge is 0.192 e. The van der Waals surface area contributed by atoms with Crippen LogP contribution in [0.3, 0.4) is 0 Å². The van der Waals surface area contributed by atoms with Crippen LogP contribution in [-0.4, -0.2) is 12.5 Å².